The quantitative estimate of drug-likeness (QED) is 0.699. The van der Waals surface area contributed by atoms with Crippen molar-refractivity contribution in [2.45, 2.75) is 32.2 Å². The SMILES string of the molecule is O=C(NN1CCCCC1)c1n[nH]c2c1CNCC2. The molecule has 0 aromatic carbocycles. The zero-order valence-electron chi connectivity index (χ0n) is 10.5. The van der Waals surface area contributed by atoms with Crippen LogP contribution in [0.3, 0.4) is 0 Å². The summed E-state index contributed by atoms with van der Waals surface area (Å²) in [7, 11) is 0. The number of hydrogen-bond donors (Lipinski definition) is 3. The molecule has 18 heavy (non-hydrogen) atoms. The van der Waals surface area contributed by atoms with Crippen molar-refractivity contribution >= 4 is 5.91 Å². The first-order chi connectivity index (χ1) is 8.84. The van der Waals surface area contributed by atoms with Gasteiger partial charge < -0.3 is 5.32 Å². The maximum Gasteiger partial charge on any atom is 0.286 e. The Morgan fingerprint density at radius 3 is 2.94 bits per heavy atom. The van der Waals surface area contributed by atoms with Crippen LogP contribution in [-0.4, -0.2) is 40.7 Å². The lowest BCUT2D eigenvalue weighted by molar-refractivity contribution is 0.0743. The maximum absolute atomic E-state index is 12.2. The smallest absolute Gasteiger partial charge is 0.286 e. The summed E-state index contributed by atoms with van der Waals surface area (Å²) >= 11 is 0. The van der Waals surface area contributed by atoms with Crippen molar-refractivity contribution in [3.05, 3.63) is 17.0 Å². The second kappa shape index (κ2) is 5.07. The monoisotopic (exact) mass is 249 g/mol. The highest BCUT2D eigenvalue weighted by atomic mass is 16.2. The molecule has 1 aromatic heterocycles. The molecule has 0 bridgehead atoms. The van der Waals surface area contributed by atoms with Gasteiger partial charge in [0.25, 0.3) is 5.91 Å². The van der Waals surface area contributed by atoms with Crippen LogP contribution in [0, 0.1) is 0 Å². The Hall–Kier alpha value is -1.40. The third-order valence-electron chi connectivity index (χ3n) is 3.64. The van der Waals surface area contributed by atoms with Crippen LogP contribution in [-0.2, 0) is 13.0 Å². The number of aromatic amines is 1. The molecular weight excluding hydrogens is 230 g/mol. The van der Waals surface area contributed by atoms with Gasteiger partial charge in [0.15, 0.2) is 5.69 Å². The van der Waals surface area contributed by atoms with Crippen molar-refractivity contribution in [2.75, 3.05) is 19.6 Å². The fraction of sp³-hybridized carbons (Fsp3) is 0.667. The number of piperidine rings is 1. The molecular formula is C12H19N5O. The summed E-state index contributed by atoms with van der Waals surface area (Å²) in [5.74, 6) is -0.0851. The van der Waals surface area contributed by atoms with E-state index in [9.17, 15) is 4.79 Å². The third-order valence-corrected chi connectivity index (χ3v) is 3.64. The zero-order chi connectivity index (χ0) is 12.4. The van der Waals surface area contributed by atoms with E-state index in [1.807, 2.05) is 5.01 Å². The lowest BCUT2D eigenvalue weighted by Crippen LogP contribution is -2.45. The van der Waals surface area contributed by atoms with E-state index in [1.54, 1.807) is 0 Å². The summed E-state index contributed by atoms with van der Waals surface area (Å²) < 4.78 is 0. The molecule has 0 unspecified atom stereocenters. The number of carbonyl (C=O) groups is 1. The van der Waals surface area contributed by atoms with Gasteiger partial charge >= 0.3 is 0 Å². The lowest BCUT2D eigenvalue weighted by Gasteiger charge is -2.26. The Bertz CT molecular complexity index is 436. The molecule has 3 rings (SSSR count). The molecule has 98 valence electrons. The Kier molecular flexibility index (Phi) is 3.29. The Balaban J connectivity index is 1.70. The van der Waals surface area contributed by atoms with Crippen molar-refractivity contribution < 1.29 is 4.79 Å². The Morgan fingerprint density at radius 2 is 2.11 bits per heavy atom. The first-order valence-corrected chi connectivity index (χ1v) is 6.67. The van der Waals surface area contributed by atoms with Crippen LogP contribution in [0.5, 0.6) is 0 Å². The highest BCUT2D eigenvalue weighted by Gasteiger charge is 2.23. The van der Waals surface area contributed by atoms with Gasteiger partial charge in [-0.2, -0.15) is 5.10 Å². The summed E-state index contributed by atoms with van der Waals surface area (Å²) in [4.78, 5) is 12.2. The van der Waals surface area contributed by atoms with Gasteiger partial charge in [-0.05, 0) is 12.8 Å². The standard InChI is InChI=1S/C12H19N5O/c18-12(16-17-6-2-1-3-7-17)11-9-8-13-5-4-10(9)14-15-11/h13H,1-8H2,(H,14,15)(H,16,18). The van der Waals surface area contributed by atoms with E-state index in [4.69, 9.17) is 0 Å². The number of rotatable bonds is 2. The number of H-pyrrole nitrogens is 1. The van der Waals surface area contributed by atoms with Crippen molar-refractivity contribution in [3.8, 4) is 0 Å². The number of fused-ring (bicyclic) bond motifs is 1. The fourth-order valence-electron chi connectivity index (χ4n) is 2.62. The van der Waals surface area contributed by atoms with E-state index >= 15 is 0 Å². The number of nitrogens with zero attached hydrogens (tertiary/aromatic N) is 2. The zero-order valence-corrected chi connectivity index (χ0v) is 10.5. The van der Waals surface area contributed by atoms with E-state index < -0.39 is 0 Å². The van der Waals surface area contributed by atoms with Gasteiger partial charge in [0.05, 0.1) is 0 Å². The van der Waals surface area contributed by atoms with E-state index in [-0.39, 0.29) is 5.91 Å². The van der Waals surface area contributed by atoms with E-state index in [1.165, 1.54) is 6.42 Å². The van der Waals surface area contributed by atoms with Gasteiger partial charge in [0.2, 0.25) is 0 Å². The molecule has 0 atom stereocenters. The minimum atomic E-state index is -0.0851. The van der Waals surface area contributed by atoms with Crippen LogP contribution in [0.1, 0.15) is 41.0 Å². The average molecular weight is 249 g/mol. The maximum atomic E-state index is 12.2. The van der Waals surface area contributed by atoms with Gasteiger partial charge in [-0.3, -0.25) is 15.3 Å². The highest BCUT2D eigenvalue weighted by molar-refractivity contribution is 5.93. The van der Waals surface area contributed by atoms with Crippen LogP contribution in [0.15, 0.2) is 0 Å². The molecule has 1 saturated heterocycles. The van der Waals surface area contributed by atoms with Gasteiger partial charge in [-0.25, -0.2) is 5.01 Å². The molecule has 2 aliphatic rings. The predicted molar refractivity (Wildman–Crippen MR) is 66.9 cm³/mol. The normalized spacial score (nSPS) is 20.4. The summed E-state index contributed by atoms with van der Waals surface area (Å²) in [6.07, 6.45) is 4.48. The summed E-state index contributed by atoms with van der Waals surface area (Å²) in [6, 6.07) is 0. The molecule has 1 fully saturated rings. The summed E-state index contributed by atoms with van der Waals surface area (Å²) in [5.41, 5.74) is 5.62. The van der Waals surface area contributed by atoms with Crippen molar-refractivity contribution in [2.24, 2.45) is 0 Å². The Labute approximate surface area is 106 Å². The molecule has 0 radical (unpaired) electrons. The van der Waals surface area contributed by atoms with Crippen LogP contribution in [0.2, 0.25) is 0 Å². The first kappa shape index (κ1) is 11.7. The predicted octanol–water partition coefficient (Wildman–Crippen LogP) is 0.186. The van der Waals surface area contributed by atoms with Crippen LogP contribution in [0.4, 0.5) is 0 Å². The second-order valence-corrected chi connectivity index (χ2v) is 4.94. The third kappa shape index (κ3) is 2.26. The Morgan fingerprint density at radius 1 is 1.28 bits per heavy atom. The van der Waals surface area contributed by atoms with Gasteiger partial charge in [0.1, 0.15) is 0 Å². The topological polar surface area (TPSA) is 73.0 Å². The van der Waals surface area contributed by atoms with Crippen molar-refractivity contribution in [1.82, 2.24) is 25.9 Å². The summed E-state index contributed by atoms with van der Waals surface area (Å²) in [6.45, 7) is 3.56. The van der Waals surface area contributed by atoms with E-state index in [2.05, 4.69) is 20.9 Å². The van der Waals surface area contributed by atoms with Gasteiger partial charge in [-0.15, -0.1) is 0 Å². The summed E-state index contributed by atoms with van der Waals surface area (Å²) in [5, 5.41) is 12.4. The molecule has 3 N–H and O–H groups in total. The number of hydrogen-bond acceptors (Lipinski definition) is 4. The van der Waals surface area contributed by atoms with Crippen molar-refractivity contribution in [3.63, 3.8) is 0 Å². The molecule has 0 saturated carbocycles. The molecule has 6 heteroatoms. The van der Waals surface area contributed by atoms with Crippen LogP contribution < -0.4 is 10.7 Å². The second-order valence-electron chi connectivity index (χ2n) is 4.94. The van der Waals surface area contributed by atoms with Crippen LogP contribution in [0.25, 0.3) is 0 Å². The number of amides is 1. The average Bonchev–Trinajstić information content (AvgIpc) is 2.84. The van der Waals surface area contributed by atoms with Gasteiger partial charge in [-0.1, -0.05) is 6.42 Å². The number of aromatic nitrogens is 2. The molecule has 6 nitrogen and oxygen atoms in total. The fourth-order valence-corrected chi connectivity index (χ4v) is 2.62. The number of nitrogens with one attached hydrogen (secondary N) is 3. The number of hydrazine groups is 1. The first-order valence-electron chi connectivity index (χ1n) is 6.67. The molecule has 0 aliphatic carbocycles. The molecule has 2 aliphatic heterocycles. The lowest BCUT2D eigenvalue weighted by atomic mass is 10.1. The molecule has 3 heterocycles. The number of carbonyl (C=O) groups excluding carboxylic acids is 1. The largest absolute Gasteiger partial charge is 0.312 e. The molecule has 1 amide bonds. The highest BCUT2D eigenvalue weighted by Crippen LogP contribution is 2.15. The molecule has 0 spiro atoms. The molecule has 1 aromatic rings. The van der Waals surface area contributed by atoms with E-state index in [0.717, 1.165) is 56.7 Å². The minimum Gasteiger partial charge on any atom is -0.312 e. The van der Waals surface area contributed by atoms with E-state index in [0.29, 0.717) is 5.69 Å². The van der Waals surface area contributed by atoms with Crippen LogP contribution >= 0.6 is 0 Å². The van der Waals surface area contributed by atoms with Crippen molar-refractivity contribution in [1.29, 1.82) is 0 Å². The van der Waals surface area contributed by atoms with Gasteiger partial charge in [0, 0.05) is 43.9 Å². The minimum absolute atomic E-state index is 0.0851.